The van der Waals surface area contributed by atoms with E-state index < -0.39 is 0 Å². The molecule has 1 aromatic heterocycles. The van der Waals surface area contributed by atoms with Gasteiger partial charge in [0.05, 0.1) is 30.3 Å². The minimum absolute atomic E-state index is 0.0326. The molecule has 0 spiro atoms. The average molecular weight is 483 g/mol. The highest BCUT2D eigenvalue weighted by molar-refractivity contribution is 6.42. The zero-order chi connectivity index (χ0) is 22.9. The van der Waals surface area contributed by atoms with Crippen molar-refractivity contribution in [3.63, 3.8) is 0 Å². The second-order valence-corrected chi connectivity index (χ2v) is 8.83. The lowest BCUT2D eigenvalue weighted by Gasteiger charge is -2.25. The van der Waals surface area contributed by atoms with Crippen LogP contribution in [0.5, 0.6) is 17.2 Å². The third kappa shape index (κ3) is 4.24. The summed E-state index contributed by atoms with van der Waals surface area (Å²) in [6, 6.07) is 17.7. The van der Waals surface area contributed by atoms with Gasteiger partial charge in [-0.05, 0) is 65.6 Å². The molecule has 0 amide bonds. The molecule has 1 atom stereocenters. The lowest BCUT2D eigenvalue weighted by atomic mass is 9.94. The number of fused-ring (bicyclic) bond motifs is 3. The Labute approximate surface area is 202 Å². The van der Waals surface area contributed by atoms with Crippen molar-refractivity contribution in [3.05, 3.63) is 87.0 Å². The molecule has 0 saturated carbocycles. The van der Waals surface area contributed by atoms with Crippen LogP contribution in [0, 0.1) is 0 Å². The molecule has 7 heteroatoms. The second kappa shape index (κ2) is 9.18. The van der Waals surface area contributed by atoms with Gasteiger partial charge in [0, 0.05) is 23.1 Å². The molecule has 1 unspecified atom stereocenters. The van der Waals surface area contributed by atoms with Gasteiger partial charge in [0.25, 0.3) is 0 Å². The van der Waals surface area contributed by atoms with Gasteiger partial charge in [0.15, 0.2) is 11.5 Å². The molecule has 0 aliphatic carbocycles. The predicted molar refractivity (Wildman–Crippen MR) is 132 cm³/mol. The van der Waals surface area contributed by atoms with E-state index in [0.29, 0.717) is 28.2 Å². The van der Waals surface area contributed by atoms with E-state index >= 15 is 0 Å². The first-order chi connectivity index (χ1) is 16.1. The number of ether oxygens (including phenoxy) is 3. The quantitative estimate of drug-likeness (QED) is 0.338. The van der Waals surface area contributed by atoms with Gasteiger partial charge in [-0.2, -0.15) is 0 Å². The van der Waals surface area contributed by atoms with Gasteiger partial charge >= 0.3 is 0 Å². The van der Waals surface area contributed by atoms with Gasteiger partial charge in [-0.25, -0.2) is 0 Å². The Morgan fingerprint density at radius 2 is 1.79 bits per heavy atom. The number of nitrogens with one attached hydrogen (secondary N) is 2. The van der Waals surface area contributed by atoms with Gasteiger partial charge in [0.2, 0.25) is 0 Å². The molecular weight excluding hydrogens is 459 g/mol. The first-order valence-electron chi connectivity index (χ1n) is 10.7. The van der Waals surface area contributed by atoms with Crippen LogP contribution in [0.2, 0.25) is 10.0 Å². The minimum atomic E-state index is 0.0326. The van der Waals surface area contributed by atoms with E-state index in [1.165, 1.54) is 16.6 Å². The first-order valence-corrected chi connectivity index (χ1v) is 11.5. The summed E-state index contributed by atoms with van der Waals surface area (Å²) in [6.07, 6.45) is 0.959. The molecule has 170 valence electrons. The highest BCUT2D eigenvalue weighted by Gasteiger charge is 2.26. The van der Waals surface area contributed by atoms with Crippen LogP contribution in [0.25, 0.3) is 10.9 Å². The summed E-state index contributed by atoms with van der Waals surface area (Å²) in [5, 5.41) is 5.88. The smallest absolute Gasteiger partial charge is 0.161 e. The Morgan fingerprint density at radius 3 is 2.58 bits per heavy atom. The van der Waals surface area contributed by atoms with Crippen LogP contribution in [-0.4, -0.2) is 25.7 Å². The third-order valence-corrected chi connectivity index (χ3v) is 6.80. The van der Waals surface area contributed by atoms with Crippen LogP contribution in [0.15, 0.2) is 54.6 Å². The molecule has 5 rings (SSSR count). The third-order valence-electron chi connectivity index (χ3n) is 6.06. The molecule has 2 heterocycles. The monoisotopic (exact) mass is 482 g/mol. The predicted octanol–water partition coefficient (Wildman–Crippen LogP) is 6.31. The van der Waals surface area contributed by atoms with Crippen molar-refractivity contribution in [2.75, 3.05) is 20.8 Å². The molecule has 0 bridgehead atoms. The van der Waals surface area contributed by atoms with Gasteiger partial charge in [-0.15, -0.1) is 0 Å². The maximum absolute atomic E-state index is 6.12. The summed E-state index contributed by atoms with van der Waals surface area (Å²) < 4.78 is 17.1. The van der Waals surface area contributed by atoms with E-state index in [9.17, 15) is 0 Å². The van der Waals surface area contributed by atoms with E-state index in [-0.39, 0.29) is 6.04 Å². The summed E-state index contributed by atoms with van der Waals surface area (Å²) in [5.74, 6) is 2.22. The number of hydrogen-bond acceptors (Lipinski definition) is 4. The molecular formula is C26H24Cl2N2O3. The number of halogens is 2. The number of benzene rings is 3. The molecule has 0 fully saturated rings. The highest BCUT2D eigenvalue weighted by atomic mass is 35.5. The van der Waals surface area contributed by atoms with Crippen molar-refractivity contribution in [1.29, 1.82) is 0 Å². The molecule has 2 N–H and O–H groups in total. The van der Waals surface area contributed by atoms with Crippen molar-refractivity contribution in [2.45, 2.75) is 19.1 Å². The van der Waals surface area contributed by atoms with Gasteiger partial charge < -0.3 is 24.5 Å². The fourth-order valence-corrected chi connectivity index (χ4v) is 4.71. The molecule has 33 heavy (non-hydrogen) atoms. The Morgan fingerprint density at radius 1 is 0.909 bits per heavy atom. The Bertz CT molecular complexity index is 1320. The molecule has 3 aromatic carbocycles. The largest absolute Gasteiger partial charge is 0.497 e. The van der Waals surface area contributed by atoms with Crippen LogP contribution in [0.1, 0.15) is 28.4 Å². The maximum Gasteiger partial charge on any atom is 0.161 e. The average Bonchev–Trinajstić information content (AvgIpc) is 3.22. The van der Waals surface area contributed by atoms with Gasteiger partial charge in [-0.3, -0.25) is 0 Å². The number of rotatable bonds is 6. The highest BCUT2D eigenvalue weighted by Crippen LogP contribution is 2.38. The lowest BCUT2D eigenvalue weighted by molar-refractivity contribution is 0.284. The number of hydrogen-bond donors (Lipinski definition) is 2. The van der Waals surface area contributed by atoms with Crippen molar-refractivity contribution in [1.82, 2.24) is 10.3 Å². The zero-order valence-electron chi connectivity index (χ0n) is 18.4. The van der Waals surface area contributed by atoms with E-state index in [0.717, 1.165) is 35.4 Å². The molecule has 1 aliphatic heterocycles. The van der Waals surface area contributed by atoms with E-state index in [2.05, 4.69) is 28.5 Å². The van der Waals surface area contributed by atoms with Crippen LogP contribution < -0.4 is 19.5 Å². The maximum atomic E-state index is 6.12. The van der Waals surface area contributed by atoms with Crippen molar-refractivity contribution in [2.24, 2.45) is 0 Å². The topological polar surface area (TPSA) is 55.5 Å². The van der Waals surface area contributed by atoms with E-state index in [1.807, 2.05) is 30.3 Å². The first kappa shape index (κ1) is 22.0. The van der Waals surface area contributed by atoms with E-state index in [1.54, 1.807) is 20.3 Å². The van der Waals surface area contributed by atoms with Crippen LogP contribution in [0.4, 0.5) is 0 Å². The van der Waals surface area contributed by atoms with Crippen molar-refractivity contribution < 1.29 is 14.2 Å². The van der Waals surface area contributed by atoms with Crippen LogP contribution in [0.3, 0.4) is 0 Å². The lowest BCUT2D eigenvalue weighted by Crippen LogP contribution is -2.30. The van der Waals surface area contributed by atoms with Gasteiger partial charge in [0.1, 0.15) is 12.4 Å². The molecule has 5 nitrogen and oxygen atoms in total. The van der Waals surface area contributed by atoms with Crippen molar-refractivity contribution in [3.8, 4) is 17.2 Å². The summed E-state index contributed by atoms with van der Waals surface area (Å²) >= 11 is 12.1. The molecule has 1 aliphatic rings. The molecule has 0 radical (unpaired) electrons. The van der Waals surface area contributed by atoms with Crippen molar-refractivity contribution >= 4 is 34.1 Å². The Balaban J connectivity index is 1.43. The Hall–Kier alpha value is -2.86. The number of aromatic amines is 1. The number of methoxy groups -OCH3 is 2. The van der Waals surface area contributed by atoms with Crippen LogP contribution >= 0.6 is 23.2 Å². The Kier molecular flexibility index (Phi) is 6.11. The minimum Gasteiger partial charge on any atom is -0.497 e. The number of aromatic nitrogens is 1. The molecule has 4 aromatic rings. The SMILES string of the molecule is COc1ccc2[nH]c3c(c2c1)CCNC3c1ccc(OCc2ccc(Cl)c(Cl)c2)c(OC)c1. The number of H-pyrrole nitrogens is 1. The standard InChI is InChI=1S/C26H24Cl2N2O3/c1-31-17-5-7-22-19(13-17)18-9-10-29-25(26(18)30-22)16-4-8-23(24(12-16)32-2)33-14-15-3-6-20(27)21(28)11-15/h3-8,11-13,25,29-30H,9-10,14H2,1-2H3. The summed E-state index contributed by atoms with van der Waals surface area (Å²) in [7, 11) is 3.35. The van der Waals surface area contributed by atoms with E-state index in [4.69, 9.17) is 37.4 Å². The fraction of sp³-hybridized carbons (Fsp3) is 0.231. The molecule has 0 saturated heterocycles. The second-order valence-electron chi connectivity index (χ2n) is 8.01. The normalized spacial score (nSPS) is 15.3. The summed E-state index contributed by atoms with van der Waals surface area (Å²) in [6.45, 7) is 1.25. The van der Waals surface area contributed by atoms with Gasteiger partial charge in [-0.1, -0.05) is 35.3 Å². The summed E-state index contributed by atoms with van der Waals surface area (Å²) in [5.41, 5.74) is 5.65. The summed E-state index contributed by atoms with van der Waals surface area (Å²) in [4.78, 5) is 3.61. The fourth-order valence-electron chi connectivity index (χ4n) is 4.39. The zero-order valence-corrected chi connectivity index (χ0v) is 19.9. The van der Waals surface area contributed by atoms with Crippen LogP contribution in [-0.2, 0) is 13.0 Å².